The molecule has 2 rings (SSSR count). The molecule has 1 heterocycles. The van der Waals surface area contributed by atoms with Crippen LogP contribution in [0.3, 0.4) is 0 Å². The van der Waals surface area contributed by atoms with Gasteiger partial charge in [-0.3, -0.25) is 0 Å². The molecule has 0 atom stereocenters. The fraction of sp³-hybridized carbons (Fsp3) is 0.231. The maximum absolute atomic E-state index is 5.53. The van der Waals surface area contributed by atoms with Gasteiger partial charge in [-0.15, -0.1) is 0 Å². The fourth-order valence-corrected chi connectivity index (χ4v) is 1.56. The molecule has 0 saturated heterocycles. The lowest BCUT2D eigenvalue weighted by Crippen LogP contribution is -2.19. The lowest BCUT2D eigenvalue weighted by molar-refractivity contribution is 0.236. The second-order valence-corrected chi connectivity index (χ2v) is 3.64. The van der Waals surface area contributed by atoms with E-state index in [9.17, 15) is 0 Å². The summed E-state index contributed by atoms with van der Waals surface area (Å²) < 4.78 is 5.53. The maximum Gasteiger partial charge on any atom is 0.193 e. The first-order valence-electron chi connectivity index (χ1n) is 5.07. The Balaban J connectivity index is 2.23. The van der Waals surface area contributed by atoms with Crippen molar-refractivity contribution in [3.63, 3.8) is 0 Å². The summed E-state index contributed by atoms with van der Waals surface area (Å²) in [5.41, 5.74) is 2.41. The van der Waals surface area contributed by atoms with Gasteiger partial charge in [0.1, 0.15) is 6.61 Å². The van der Waals surface area contributed by atoms with E-state index in [1.807, 2.05) is 25.3 Å². The van der Waals surface area contributed by atoms with E-state index in [0.717, 1.165) is 11.6 Å². The van der Waals surface area contributed by atoms with Crippen LogP contribution >= 0.6 is 0 Å². The Morgan fingerprint density at radius 3 is 2.87 bits per heavy atom. The van der Waals surface area contributed by atoms with Crippen LogP contribution < -0.4 is 4.90 Å². The summed E-state index contributed by atoms with van der Waals surface area (Å²) in [6, 6.07) is 8.37. The van der Waals surface area contributed by atoms with Crippen molar-refractivity contribution in [2.75, 3.05) is 18.6 Å². The number of anilines is 1. The zero-order valence-corrected chi connectivity index (χ0v) is 9.10. The third-order valence-corrected chi connectivity index (χ3v) is 2.42. The largest absolute Gasteiger partial charge is 0.475 e. The minimum Gasteiger partial charge on any atom is -0.475 e. The Kier molecular flexibility index (Phi) is 2.77. The van der Waals surface area contributed by atoms with Crippen LogP contribution in [0, 0.1) is 6.92 Å². The highest BCUT2D eigenvalue weighted by Crippen LogP contribution is 2.20. The fourth-order valence-electron chi connectivity index (χ4n) is 1.56. The van der Waals surface area contributed by atoms with E-state index >= 15 is 0 Å². The number of benzene rings is 1. The van der Waals surface area contributed by atoms with E-state index in [-0.39, 0.29) is 0 Å². The molecule has 0 saturated carbocycles. The molecule has 0 aliphatic carbocycles. The molecule has 1 aliphatic rings. The van der Waals surface area contributed by atoms with Gasteiger partial charge < -0.3 is 9.64 Å². The molecule has 1 aliphatic heterocycles. The molecule has 2 nitrogen and oxygen atoms in total. The minimum absolute atomic E-state index is 0.655. The van der Waals surface area contributed by atoms with Crippen molar-refractivity contribution in [3.05, 3.63) is 53.9 Å². The molecule has 1 aromatic rings. The molecule has 0 N–H and O–H groups in total. The molecule has 0 radical (unpaired) electrons. The Bertz CT molecular complexity index is 407. The first-order chi connectivity index (χ1) is 7.27. The normalized spacial score (nSPS) is 14.4. The first kappa shape index (κ1) is 9.84. The van der Waals surface area contributed by atoms with Crippen molar-refractivity contribution in [2.24, 2.45) is 0 Å². The molecule has 1 aromatic carbocycles. The van der Waals surface area contributed by atoms with Gasteiger partial charge in [-0.25, -0.2) is 0 Å². The van der Waals surface area contributed by atoms with E-state index in [1.165, 1.54) is 5.56 Å². The van der Waals surface area contributed by atoms with E-state index in [4.69, 9.17) is 4.74 Å². The van der Waals surface area contributed by atoms with Crippen LogP contribution in [0.2, 0.25) is 0 Å². The zero-order valence-electron chi connectivity index (χ0n) is 9.10. The third-order valence-electron chi connectivity index (χ3n) is 2.42. The average Bonchev–Trinajstić information content (AvgIpc) is 2.29. The predicted molar refractivity (Wildman–Crippen MR) is 62.8 cm³/mol. The van der Waals surface area contributed by atoms with Gasteiger partial charge in [0.2, 0.25) is 0 Å². The summed E-state index contributed by atoms with van der Waals surface area (Å²) in [6.07, 6.45) is 5.99. The zero-order chi connectivity index (χ0) is 10.7. The first-order valence-corrected chi connectivity index (χ1v) is 5.07. The molecule has 2 heteroatoms. The van der Waals surface area contributed by atoms with Crippen LogP contribution in [0.5, 0.6) is 0 Å². The molecule has 15 heavy (non-hydrogen) atoms. The van der Waals surface area contributed by atoms with Gasteiger partial charge in [0, 0.05) is 12.7 Å². The highest BCUT2D eigenvalue weighted by molar-refractivity contribution is 5.52. The molecule has 0 unspecified atom stereocenters. The quantitative estimate of drug-likeness (QED) is 0.729. The summed E-state index contributed by atoms with van der Waals surface area (Å²) in [7, 11) is 2.01. The van der Waals surface area contributed by atoms with Crippen LogP contribution in [0.1, 0.15) is 5.56 Å². The molecular formula is C13H15NO. The van der Waals surface area contributed by atoms with Crippen molar-refractivity contribution in [1.29, 1.82) is 0 Å². The number of rotatable bonds is 2. The van der Waals surface area contributed by atoms with Gasteiger partial charge in [-0.05, 0) is 36.8 Å². The van der Waals surface area contributed by atoms with Gasteiger partial charge in [0.05, 0.1) is 0 Å². The second-order valence-electron chi connectivity index (χ2n) is 3.64. The smallest absolute Gasteiger partial charge is 0.193 e. The second kappa shape index (κ2) is 4.22. The van der Waals surface area contributed by atoms with Crippen LogP contribution in [-0.2, 0) is 4.74 Å². The van der Waals surface area contributed by atoms with Crippen molar-refractivity contribution >= 4 is 5.69 Å². The molecule has 0 spiro atoms. The van der Waals surface area contributed by atoms with Crippen LogP contribution in [-0.4, -0.2) is 13.7 Å². The molecule has 0 bridgehead atoms. The summed E-state index contributed by atoms with van der Waals surface area (Å²) in [6.45, 7) is 2.75. The molecular weight excluding hydrogens is 186 g/mol. The Hall–Kier alpha value is -1.70. The lowest BCUT2D eigenvalue weighted by Gasteiger charge is -2.23. The SMILES string of the molecule is Cc1cccc(N(C)C2=CC=CCO2)c1. The summed E-state index contributed by atoms with van der Waals surface area (Å²) in [5.74, 6) is 0.892. The summed E-state index contributed by atoms with van der Waals surface area (Å²) in [5, 5.41) is 0. The molecule has 0 fully saturated rings. The number of nitrogens with zero attached hydrogens (tertiary/aromatic N) is 1. The number of hydrogen-bond donors (Lipinski definition) is 0. The monoisotopic (exact) mass is 201 g/mol. The Labute approximate surface area is 90.5 Å². The highest BCUT2D eigenvalue weighted by atomic mass is 16.5. The van der Waals surface area contributed by atoms with Gasteiger partial charge in [0.25, 0.3) is 0 Å². The van der Waals surface area contributed by atoms with Crippen LogP contribution in [0.4, 0.5) is 5.69 Å². The Morgan fingerprint density at radius 2 is 2.20 bits per heavy atom. The molecule has 78 valence electrons. The van der Waals surface area contributed by atoms with E-state index < -0.39 is 0 Å². The number of hydrogen-bond acceptors (Lipinski definition) is 2. The topological polar surface area (TPSA) is 12.5 Å². The van der Waals surface area contributed by atoms with Gasteiger partial charge in [-0.2, -0.15) is 0 Å². The molecule has 0 aromatic heterocycles. The molecule has 0 amide bonds. The van der Waals surface area contributed by atoms with Crippen molar-refractivity contribution < 1.29 is 4.74 Å². The number of allylic oxidation sites excluding steroid dienone is 2. The minimum atomic E-state index is 0.655. The van der Waals surface area contributed by atoms with E-state index in [1.54, 1.807) is 0 Å². The lowest BCUT2D eigenvalue weighted by atomic mass is 10.2. The summed E-state index contributed by atoms with van der Waals surface area (Å²) in [4.78, 5) is 2.05. The van der Waals surface area contributed by atoms with Gasteiger partial charge in [0.15, 0.2) is 5.88 Å². The van der Waals surface area contributed by atoms with E-state index in [0.29, 0.717) is 6.61 Å². The Morgan fingerprint density at radius 1 is 1.33 bits per heavy atom. The number of aryl methyl sites for hydroxylation is 1. The standard InChI is InChI=1S/C13H15NO/c1-11-6-5-7-12(10-11)14(2)13-8-3-4-9-15-13/h3-8,10H,9H2,1-2H3. The van der Waals surface area contributed by atoms with Crippen molar-refractivity contribution in [3.8, 4) is 0 Å². The average molecular weight is 201 g/mol. The van der Waals surface area contributed by atoms with Crippen molar-refractivity contribution in [2.45, 2.75) is 6.92 Å². The third kappa shape index (κ3) is 2.21. The van der Waals surface area contributed by atoms with E-state index in [2.05, 4.69) is 36.1 Å². The van der Waals surface area contributed by atoms with Gasteiger partial charge in [-0.1, -0.05) is 18.2 Å². The number of ether oxygens (including phenoxy) is 1. The van der Waals surface area contributed by atoms with Crippen LogP contribution in [0.25, 0.3) is 0 Å². The highest BCUT2D eigenvalue weighted by Gasteiger charge is 2.08. The predicted octanol–water partition coefficient (Wildman–Crippen LogP) is 2.86. The van der Waals surface area contributed by atoms with Crippen LogP contribution in [0.15, 0.2) is 48.4 Å². The van der Waals surface area contributed by atoms with Gasteiger partial charge >= 0.3 is 0 Å². The maximum atomic E-state index is 5.53. The summed E-state index contributed by atoms with van der Waals surface area (Å²) >= 11 is 0. The van der Waals surface area contributed by atoms with Crippen molar-refractivity contribution in [1.82, 2.24) is 0 Å².